The number of carbonyl (C=O) groups is 1. The maximum atomic E-state index is 13.2. The van der Waals surface area contributed by atoms with E-state index >= 15 is 0 Å². The third-order valence-corrected chi connectivity index (χ3v) is 4.82. The van der Waals surface area contributed by atoms with Crippen molar-refractivity contribution in [1.82, 2.24) is 5.32 Å². The maximum absolute atomic E-state index is 13.2. The molecule has 0 saturated heterocycles. The van der Waals surface area contributed by atoms with Crippen LogP contribution in [0.3, 0.4) is 0 Å². The van der Waals surface area contributed by atoms with Gasteiger partial charge in [0.15, 0.2) is 11.5 Å². The molecule has 1 unspecified atom stereocenters. The second-order valence-corrected chi connectivity index (χ2v) is 6.78. The number of nitrogens with one attached hydrogen (secondary N) is 1. The summed E-state index contributed by atoms with van der Waals surface area (Å²) in [5, 5.41) is 12.2. The van der Waals surface area contributed by atoms with Crippen LogP contribution in [0.5, 0.6) is 11.5 Å². The molecule has 0 saturated carbocycles. The Morgan fingerprint density at radius 1 is 1.38 bits per heavy atom. The molecule has 0 aliphatic rings. The van der Waals surface area contributed by atoms with E-state index in [9.17, 15) is 9.18 Å². The van der Waals surface area contributed by atoms with Crippen LogP contribution in [0.4, 0.5) is 4.39 Å². The standard InChI is InChI=1S/C18H18BrClFNO4/c1-10(18(23)24)22-8-13-14(19)5-6-16(25-2)17(13)26-9-11-3-4-12(21)7-15(11)20/h3-7,10,22H,8-9H2,1-2H3,(H,23,24). The van der Waals surface area contributed by atoms with Gasteiger partial charge >= 0.3 is 5.97 Å². The summed E-state index contributed by atoms with van der Waals surface area (Å²) in [6.45, 7) is 1.90. The predicted octanol–water partition coefficient (Wildman–Crippen LogP) is 4.39. The van der Waals surface area contributed by atoms with E-state index in [1.165, 1.54) is 19.2 Å². The third-order valence-electron chi connectivity index (χ3n) is 3.73. The van der Waals surface area contributed by atoms with E-state index in [1.54, 1.807) is 25.1 Å². The number of benzene rings is 2. The number of aliphatic carboxylic acids is 1. The first-order chi connectivity index (χ1) is 12.3. The number of rotatable bonds is 8. The van der Waals surface area contributed by atoms with Gasteiger partial charge in [-0.25, -0.2) is 4.39 Å². The van der Waals surface area contributed by atoms with Gasteiger partial charge in [-0.1, -0.05) is 33.6 Å². The summed E-state index contributed by atoms with van der Waals surface area (Å²) in [5.41, 5.74) is 1.32. The van der Waals surface area contributed by atoms with Crippen molar-refractivity contribution in [1.29, 1.82) is 0 Å². The molecule has 8 heteroatoms. The van der Waals surface area contributed by atoms with E-state index in [0.717, 1.165) is 4.47 Å². The van der Waals surface area contributed by atoms with Crippen LogP contribution in [0.25, 0.3) is 0 Å². The van der Waals surface area contributed by atoms with Crippen LogP contribution in [0.2, 0.25) is 5.02 Å². The van der Waals surface area contributed by atoms with Gasteiger partial charge in [0.25, 0.3) is 0 Å². The van der Waals surface area contributed by atoms with Gasteiger partial charge in [-0.05, 0) is 31.2 Å². The molecule has 0 aliphatic heterocycles. The molecule has 2 rings (SSSR count). The van der Waals surface area contributed by atoms with Crippen molar-refractivity contribution < 1.29 is 23.8 Å². The SMILES string of the molecule is COc1ccc(Br)c(CNC(C)C(=O)O)c1OCc1ccc(F)cc1Cl. The number of carboxylic acid groups (broad SMARTS) is 1. The van der Waals surface area contributed by atoms with Gasteiger partial charge in [-0.2, -0.15) is 0 Å². The Balaban J connectivity index is 2.26. The molecule has 2 aromatic rings. The zero-order valence-corrected chi connectivity index (χ0v) is 16.5. The molecule has 0 radical (unpaired) electrons. The highest BCUT2D eigenvalue weighted by atomic mass is 79.9. The number of hydrogen-bond donors (Lipinski definition) is 2. The third kappa shape index (κ3) is 5.09. The first-order valence-electron chi connectivity index (χ1n) is 7.71. The average molecular weight is 447 g/mol. The van der Waals surface area contributed by atoms with E-state index in [0.29, 0.717) is 22.6 Å². The number of hydrogen-bond acceptors (Lipinski definition) is 4. The molecule has 0 aliphatic carbocycles. The van der Waals surface area contributed by atoms with Gasteiger partial charge in [-0.3, -0.25) is 4.79 Å². The fraction of sp³-hybridized carbons (Fsp3) is 0.278. The van der Waals surface area contributed by atoms with Gasteiger partial charge in [-0.15, -0.1) is 0 Å². The smallest absolute Gasteiger partial charge is 0.320 e. The Kier molecular flexibility index (Phi) is 7.25. The molecule has 0 spiro atoms. The molecule has 0 bridgehead atoms. The Morgan fingerprint density at radius 2 is 2.12 bits per heavy atom. The summed E-state index contributed by atoms with van der Waals surface area (Å²) >= 11 is 9.49. The van der Waals surface area contributed by atoms with Crippen molar-refractivity contribution in [2.24, 2.45) is 0 Å². The van der Waals surface area contributed by atoms with Crippen LogP contribution < -0.4 is 14.8 Å². The molecule has 0 aromatic heterocycles. The highest BCUT2D eigenvalue weighted by Gasteiger charge is 2.18. The Hall–Kier alpha value is -1.83. The van der Waals surface area contributed by atoms with Gasteiger partial charge < -0.3 is 19.9 Å². The van der Waals surface area contributed by atoms with Crippen molar-refractivity contribution in [2.45, 2.75) is 26.1 Å². The highest BCUT2D eigenvalue weighted by Crippen LogP contribution is 2.37. The molecule has 2 aromatic carbocycles. The topological polar surface area (TPSA) is 67.8 Å². The Morgan fingerprint density at radius 3 is 2.73 bits per heavy atom. The average Bonchev–Trinajstić information content (AvgIpc) is 2.59. The number of carboxylic acids is 1. The van der Waals surface area contributed by atoms with Crippen molar-refractivity contribution in [3.63, 3.8) is 0 Å². The van der Waals surface area contributed by atoms with Crippen LogP contribution >= 0.6 is 27.5 Å². The minimum Gasteiger partial charge on any atom is -0.493 e. The zero-order valence-electron chi connectivity index (χ0n) is 14.2. The van der Waals surface area contributed by atoms with Crippen LogP contribution in [0, 0.1) is 5.82 Å². The van der Waals surface area contributed by atoms with Crippen LogP contribution in [0.15, 0.2) is 34.8 Å². The summed E-state index contributed by atoms with van der Waals surface area (Å²) < 4.78 is 25.2. The Labute approximate surface area is 164 Å². The zero-order chi connectivity index (χ0) is 19.3. The lowest BCUT2D eigenvalue weighted by Crippen LogP contribution is -2.33. The second kappa shape index (κ2) is 9.21. The summed E-state index contributed by atoms with van der Waals surface area (Å²) in [7, 11) is 1.51. The van der Waals surface area contributed by atoms with Crippen molar-refractivity contribution in [2.75, 3.05) is 7.11 Å². The summed E-state index contributed by atoms with van der Waals surface area (Å²) in [6.07, 6.45) is 0. The van der Waals surface area contributed by atoms with Crippen molar-refractivity contribution >= 4 is 33.5 Å². The number of methoxy groups -OCH3 is 1. The molecule has 0 heterocycles. The maximum Gasteiger partial charge on any atom is 0.320 e. The lowest BCUT2D eigenvalue weighted by atomic mass is 10.1. The fourth-order valence-electron chi connectivity index (χ4n) is 2.20. The summed E-state index contributed by atoms with van der Waals surface area (Å²) in [5.74, 6) is -0.436. The van der Waals surface area contributed by atoms with Gasteiger partial charge in [0.05, 0.1) is 12.1 Å². The van der Waals surface area contributed by atoms with Gasteiger partial charge in [0.1, 0.15) is 18.5 Å². The fourth-order valence-corrected chi connectivity index (χ4v) is 2.87. The quantitative estimate of drug-likeness (QED) is 0.629. The molecule has 26 heavy (non-hydrogen) atoms. The Bertz CT molecular complexity index is 803. The van der Waals surface area contributed by atoms with Crippen LogP contribution in [-0.4, -0.2) is 24.2 Å². The van der Waals surface area contributed by atoms with E-state index < -0.39 is 17.8 Å². The van der Waals surface area contributed by atoms with Crippen molar-refractivity contribution in [3.05, 3.63) is 56.8 Å². The molecule has 2 N–H and O–H groups in total. The molecule has 1 atom stereocenters. The first kappa shape index (κ1) is 20.5. The minimum absolute atomic E-state index is 0.105. The first-order valence-corrected chi connectivity index (χ1v) is 8.88. The molecule has 0 fully saturated rings. The number of halogens is 3. The lowest BCUT2D eigenvalue weighted by molar-refractivity contribution is -0.139. The monoisotopic (exact) mass is 445 g/mol. The minimum atomic E-state index is -0.954. The lowest BCUT2D eigenvalue weighted by Gasteiger charge is -2.18. The number of ether oxygens (including phenoxy) is 2. The molecular weight excluding hydrogens is 429 g/mol. The molecular formula is C18H18BrClFNO4. The summed E-state index contributed by atoms with van der Waals surface area (Å²) in [4.78, 5) is 11.0. The molecule has 0 amide bonds. The van der Waals surface area contributed by atoms with Crippen LogP contribution in [-0.2, 0) is 17.9 Å². The highest BCUT2D eigenvalue weighted by molar-refractivity contribution is 9.10. The normalized spacial score (nSPS) is 11.9. The summed E-state index contributed by atoms with van der Waals surface area (Å²) in [6, 6.07) is 6.86. The van der Waals surface area contributed by atoms with Gasteiger partial charge in [0, 0.05) is 22.1 Å². The largest absolute Gasteiger partial charge is 0.493 e. The second-order valence-electron chi connectivity index (χ2n) is 5.52. The van der Waals surface area contributed by atoms with E-state index in [-0.39, 0.29) is 18.2 Å². The van der Waals surface area contributed by atoms with E-state index in [1.807, 2.05) is 0 Å². The van der Waals surface area contributed by atoms with E-state index in [2.05, 4.69) is 21.2 Å². The van der Waals surface area contributed by atoms with Crippen LogP contribution in [0.1, 0.15) is 18.1 Å². The van der Waals surface area contributed by atoms with Gasteiger partial charge in [0.2, 0.25) is 0 Å². The predicted molar refractivity (Wildman–Crippen MR) is 100 cm³/mol. The van der Waals surface area contributed by atoms with Crippen molar-refractivity contribution in [3.8, 4) is 11.5 Å². The van der Waals surface area contributed by atoms with E-state index in [4.69, 9.17) is 26.2 Å². The molecule has 5 nitrogen and oxygen atoms in total. The molecule has 140 valence electrons.